The van der Waals surface area contributed by atoms with Gasteiger partial charge in [0.05, 0.1) is 11.3 Å². The Balaban J connectivity index is 2.46. The lowest BCUT2D eigenvalue weighted by molar-refractivity contribution is 0.318. The summed E-state index contributed by atoms with van der Waals surface area (Å²) in [6.07, 6.45) is 3.34. The third kappa shape index (κ3) is 2.25. The molecule has 1 atom stereocenters. The van der Waals surface area contributed by atoms with Gasteiger partial charge in [0.1, 0.15) is 5.82 Å². The number of amidine groups is 1. The summed E-state index contributed by atoms with van der Waals surface area (Å²) < 4.78 is 13.9. The topological polar surface area (TPSA) is 61.8 Å². The van der Waals surface area contributed by atoms with Gasteiger partial charge in [-0.1, -0.05) is 11.2 Å². The first kappa shape index (κ1) is 12.7. The number of oxime groups is 1. The van der Waals surface area contributed by atoms with Crippen LogP contribution in [0.5, 0.6) is 0 Å². The van der Waals surface area contributed by atoms with E-state index >= 15 is 0 Å². The molecule has 3 N–H and O–H groups in total. The molecule has 1 aromatic carbocycles. The van der Waals surface area contributed by atoms with Crippen LogP contribution in [0.1, 0.15) is 31.7 Å². The zero-order chi connectivity index (χ0) is 13.1. The predicted octanol–water partition coefficient (Wildman–Crippen LogP) is 2.30. The lowest BCUT2D eigenvalue weighted by Crippen LogP contribution is -2.39. The Bertz CT molecular complexity index is 462. The van der Waals surface area contributed by atoms with Crippen LogP contribution < -0.4 is 10.6 Å². The number of benzene rings is 1. The second-order valence-electron chi connectivity index (χ2n) is 4.66. The maximum absolute atomic E-state index is 13.9. The summed E-state index contributed by atoms with van der Waals surface area (Å²) in [7, 11) is 0. The smallest absolute Gasteiger partial charge is 0.175 e. The Morgan fingerprint density at radius 2 is 2.28 bits per heavy atom. The fourth-order valence-electron chi connectivity index (χ4n) is 2.51. The van der Waals surface area contributed by atoms with Gasteiger partial charge in [0.15, 0.2) is 5.84 Å². The van der Waals surface area contributed by atoms with Crippen LogP contribution in [-0.4, -0.2) is 23.6 Å². The number of nitrogens with zero attached hydrogens (tertiary/aromatic N) is 2. The number of hydrogen-bond donors (Lipinski definition) is 2. The fraction of sp³-hybridized carbons (Fsp3) is 0.462. The molecule has 2 rings (SSSR count). The summed E-state index contributed by atoms with van der Waals surface area (Å²) in [5.41, 5.74) is 6.48. The van der Waals surface area contributed by atoms with Gasteiger partial charge in [-0.05, 0) is 38.3 Å². The van der Waals surface area contributed by atoms with Crippen LogP contribution in [0.4, 0.5) is 10.1 Å². The lowest BCUT2D eigenvalue weighted by atomic mass is 10.0. The zero-order valence-corrected chi connectivity index (χ0v) is 10.4. The number of halogens is 1. The van der Waals surface area contributed by atoms with E-state index in [1.165, 1.54) is 12.5 Å². The fourth-order valence-corrected chi connectivity index (χ4v) is 2.51. The molecule has 0 aromatic heterocycles. The van der Waals surface area contributed by atoms with Gasteiger partial charge in [-0.15, -0.1) is 0 Å². The van der Waals surface area contributed by atoms with Crippen molar-refractivity contribution in [2.24, 2.45) is 10.9 Å². The summed E-state index contributed by atoms with van der Waals surface area (Å²) in [5.74, 6) is -0.638. The van der Waals surface area contributed by atoms with E-state index in [-0.39, 0.29) is 11.4 Å². The number of hydrogen-bond acceptors (Lipinski definition) is 3. The van der Waals surface area contributed by atoms with Crippen LogP contribution in [0.3, 0.4) is 0 Å². The quantitative estimate of drug-likeness (QED) is 0.367. The molecular formula is C13H18FN3O. The molecular weight excluding hydrogens is 233 g/mol. The van der Waals surface area contributed by atoms with Gasteiger partial charge in [-0.2, -0.15) is 0 Å². The molecule has 98 valence electrons. The highest BCUT2D eigenvalue weighted by Crippen LogP contribution is 2.29. The molecule has 1 saturated heterocycles. The van der Waals surface area contributed by atoms with E-state index in [1.807, 2.05) is 6.07 Å². The first-order valence-electron chi connectivity index (χ1n) is 6.18. The van der Waals surface area contributed by atoms with Crippen molar-refractivity contribution in [2.45, 2.75) is 32.2 Å². The molecule has 1 fully saturated rings. The molecule has 0 saturated carbocycles. The minimum Gasteiger partial charge on any atom is -0.409 e. The van der Waals surface area contributed by atoms with E-state index in [9.17, 15) is 4.39 Å². The molecule has 1 aliphatic rings. The minimum atomic E-state index is -0.458. The number of anilines is 1. The average molecular weight is 251 g/mol. The molecule has 4 nitrogen and oxygen atoms in total. The first-order valence-corrected chi connectivity index (χ1v) is 6.18. The molecule has 0 aliphatic carbocycles. The molecule has 18 heavy (non-hydrogen) atoms. The lowest BCUT2D eigenvalue weighted by Gasteiger charge is -2.36. The second-order valence-corrected chi connectivity index (χ2v) is 4.66. The van der Waals surface area contributed by atoms with E-state index in [0.29, 0.717) is 11.7 Å². The number of nitrogens with two attached hydrogens (primary N) is 1. The van der Waals surface area contributed by atoms with Crippen LogP contribution in [-0.2, 0) is 0 Å². The van der Waals surface area contributed by atoms with Crippen LogP contribution in [0, 0.1) is 5.82 Å². The normalized spacial score (nSPS) is 21.1. The van der Waals surface area contributed by atoms with Crippen molar-refractivity contribution in [3.05, 3.63) is 29.6 Å². The van der Waals surface area contributed by atoms with Crippen LogP contribution >= 0.6 is 0 Å². The second kappa shape index (κ2) is 5.25. The van der Waals surface area contributed by atoms with Gasteiger partial charge >= 0.3 is 0 Å². The Hall–Kier alpha value is -1.78. The van der Waals surface area contributed by atoms with Crippen LogP contribution in [0.2, 0.25) is 0 Å². The highest BCUT2D eigenvalue weighted by Gasteiger charge is 2.23. The van der Waals surface area contributed by atoms with Gasteiger partial charge in [0, 0.05) is 12.6 Å². The van der Waals surface area contributed by atoms with Crippen LogP contribution in [0.15, 0.2) is 23.4 Å². The monoisotopic (exact) mass is 251 g/mol. The summed E-state index contributed by atoms with van der Waals surface area (Å²) in [5, 5.41) is 11.7. The maximum atomic E-state index is 13.9. The van der Waals surface area contributed by atoms with E-state index in [2.05, 4.69) is 17.0 Å². The van der Waals surface area contributed by atoms with E-state index < -0.39 is 5.82 Å². The molecule has 5 heteroatoms. The Labute approximate surface area is 106 Å². The summed E-state index contributed by atoms with van der Waals surface area (Å²) in [6, 6.07) is 5.13. The Morgan fingerprint density at radius 1 is 1.50 bits per heavy atom. The molecule has 0 spiro atoms. The van der Waals surface area contributed by atoms with Crippen molar-refractivity contribution in [3.8, 4) is 0 Å². The minimum absolute atomic E-state index is 0.180. The van der Waals surface area contributed by atoms with Crippen molar-refractivity contribution < 1.29 is 9.60 Å². The summed E-state index contributed by atoms with van der Waals surface area (Å²) in [6.45, 7) is 2.98. The van der Waals surface area contributed by atoms with Crippen molar-refractivity contribution in [1.82, 2.24) is 0 Å². The summed E-state index contributed by atoms with van der Waals surface area (Å²) in [4.78, 5) is 2.12. The molecule has 1 aliphatic heterocycles. The number of rotatable bonds is 2. The van der Waals surface area contributed by atoms with Gasteiger partial charge in [0.25, 0.3) is 0 Å². The molecule has 0 bridgehead atoms. The average Bonchev–Trinajstić information content (AvgIpc) is 2.38. The SMILES string of the molecule is CC1CCCCN1c1cccc(F)c1C(N)=NO. The van der Waals surface area contributed by atoms with Gasteiger partial charge < -0.3 is 15.8 Å². The molecule has 1 heterocycles. The largest absolute Gasteiger partial charge is 0.409 e. The van der Waals surface area contributed by atoms with E-state index in [4.69, 9.17) is 10.9 Å². The van der Waals surface area contributed by atoms with Crippen LogP contribution in [0.25, 0.3) is 0 Å². The highest BCUT2D eigenvalue weighted by atomic mass is 19.1. The maximum Gasteiger partial charge on any atom is 0.175 e. The van der Waals surface area contributed by atoms with Crippen molar-refractivity contribution in [1.29, 1.82) is 0 Å². The summed E-state index contributed by atoms with van der Waals surface area (Å²) >= 11 is 0. The predicted molar refractivity (Wildman–Crippen MR) is 69.6 cm³/mol. The third-order valence-electron chi connectivity index (χ3n) is 3.47. The number of piperidine rings is 1. The van der Waals surface area contributed by atoms with Crippen molar-refractivity contribution >= 4 is 11.5 Å². The molecule has 0 amide bonds. The van der Waals surface area contributed by atoms with Crippen molar-refractivity contribution in [3.63, 3.8) is 0 Å². The van der Waals surface area contributed by atoms with Gasteiger partial charge in [-0.25, -0.2) is 4.39 Å². The Morgan fingerprint density at radius 3 is 2.94 bits per heavy atom. The van der Waals surface area contributed by atoms with Gasteiger partial charge in [-0.3, -0.25) is 0 Å². The van der Waals surface area contributed by atoms with E-state index in [1.54, 1.807) is 6.07 Å². The molecule has 1 aromatic rings. The third-order valence-corrected chi connectivity index (χ3v) is 3.47. The van der Waals surface area contributed by atoms with Crippen molar-refractivity contribution in [2.75, 3.05) is 11.4 Å². The highest BCUT2D eigenvalue weighted by molar-refractivity contribution is 6.02. The van der Waals surface area contributed by atoms with Gasteiger partial charge in [0.2, 0.25) is 0 Å². The molecule has 0 radical (unpaired) electrons. The first-order chi connectivity index (χ1) is 8.65. The Kier molecular flexibility index (Phi) is 3.69. The molecule has 1 unspecified atom stereocenters. The van der Waals surface area contributed by atoms with E-state index in [0.717, 1.165) is 19.4 Å². The zero-order valence-electron chi connectivity index (χ0n) is 10.4. The standard InChI is InChI=1S/C13H18FN3O/c1-9-5-2-3-8-17(9)11-7-4-6-10(14)12(11)13(15)16-18/h4,6-7,9,18H,2-3,5,8H2,1H3,(H2,15,16).